The summed E-state index contributed by atoms with van der Waals surface area (Å²) in [6.07, 6.45) is 18.0. The molecule has 0 saturated heterocycles. The lowest BCUT2D eigenvalue weighted by Crippen LogP contribution is -2.50. The summed E-state index contributed by atoms with van der Waals surface area (Å²) in [4.78, 5) is 0. The molecule has 7 nitrogen and oxygen atoms in total. The average molecular weight is 619 g/mol. The van der Waals surface area contributed by atoms with Gasteiger partial charge in [-0.3, -0.25) is 0 Å². The van der Waals surface area contributed by atoms with Crippen LogP contribution in [0.2, 0.25) is 0 Å². The molecule has 0 aromatic rings. The summed E-state index contributed by atoms with van der Waals surface area (Å²) in [5.74, 6) is -1.50. The van der Waals surface area contributed by atoms with Crippen molar-refractivity contribution in [1.82, 2.24) is 0 Å². The molecule has 0 aromatic heterocycles. The molecule has 0 radical (unpaired) electrons. The summed E-state index contributed by atoms with van der Waals surface area (Å²) in [6, 6.07) is 0. The van der Waals surface area contributed by atoms with Gasteiger partial charge in [0.15, 0.2) is 11.6 Å². The first-order chi connectivity index (χ1) is 21.0. The van der Waals surface area contributed by atoms with Crippen LogP contribution >= 0.6 is 0 Å². The van der Waals surface area contributed by atoms with Crippen LogP contribution in [0, 0.1) is 0 Å². The van der Waals surface area contributed by atoms with Crippen molar-refractivity contribution >= 4 is 0 Å². The van der Waals surface area contributed by atoms with Crippen LogP contribution in [0.4, 0.5) is 0 Å². The Bertz CT molecular complexity index is 510. The van der Waals surface area contributed by atoms with Gasteiger partial charge in [0, 0.05) is 39.3 Å². The van der Waals surface area contributed by atoms with Crippen molar-refractivity contribution in [3.63, 3.8) is 0 Å². The zero-order chi connectivity index (χ0) is 32.1. The molecule has 0 bridgehead atoms. The van der Waals surface area contributed by atoms with E-state index < -0.39 is 11.6 Å². The van der Waals surface area contributed by atoms with E-state index in [0.717, 1.165) is 77.0 Å². The maximum atomic E-state index is 6.51. The second kappa shape index (κ2) is 29.1. The van der Waals surface area contributed by atoms with Crippen molar-refractivity contribution in [2.75, 3.05) is 40.0 Å². The largest absolute Gasteiger partial charge is 0.347 e. The molecule has 260 valence electrons. The van der Waals surface area contributed by atoms with Crippen molar-refractivity contribution in [2.45, 2.75) is 195 Å². The lowest BCUT2D eigenvalue weighted by molar-refractivity contribution is -0.324. The van der Waals surface area contributed by atoms with Crippen LogP contribution in [0.1, 0.15) is 171 Å². The standard InChI is InChI=1S/C36H74O7/c1-9-17-19-21-25-35(40-27-13-5,41-28-14-6)33(23-11-3)38-31-37-32-39-34(24-12-4)36(42-29-15-7,43-30-16-8)26-22-20-18-10-2/h33-34H,9-32H2,1-8H3. The third-order valence-corrected chi connectivity index (χ3v) is 7.75. The minimum atomic E-state index is -0.750. The molecule has 0 saturated carbocycles. The molecule has 0 spiro atoms. The van der Waals surface area contributed by atoms with Gasteiger partial charge in [0.05, 0.1) is 0 Å². The first-order valence-corrected chi connectivity index (χ1v) is 18.4. The monoisotopic (exact) mass is 619 g/mol. The third-order valence-electron chi connectivity index (χ3n) is 7.75. The number of hydrogen-bond acceptors (Lipinski definition) is 7. The summed E-state index contributed by atoms with van der Waals surface area (Å²) in [6.45, 7) is 20.3. The van der Waals surface area contributed by atoms with Gasteiger partial charge in [-0.25, -0.2) is 0 Å². The molecule has 7 heteroatoms. The Hall–Kier alpha value is -0.280. The maximum Gasteiger partial charge on any atom is 0.194 e. The molecular weight excluding hydrogens is 544 g/mol. The van der Waals surface area contributed by atoms with Crippen LogP contribution in [0.3, 0.4) is 0 Å². The van der Waals surface area contributed by atoms with E-state index in [0.29, 0.717) is 26.4 Å². The van der Waals surface area contributed by atoms with Crippen molar-refractivity contribution in [2.24, 2.45) is 0 Å². The van der Waals surface area contributed by atoms with Gasteiger partial charge in [-0.2, -0.15) is 0 Å². The molecule has 0 aliphatic rings. The van der Waals surface area contributed by atoms with E-state index >= 15 is 0 Å². The van der Waals surface area contributed by atoms with Crippen molar-refractivity contribution in [3.8, 4) is 0 Å². The highest BCUT2D eigenvalue weighted by Crippen LogP contribution is 2.33. The zero-order valence-corrected chi connectivity index (χ0v) is 30.0. The normalized spacial score (nSPS) is 14.0. The summed E-state index contributed by atoms with van der Waals surface area (Å²) < 4.78 is 44.9. The molecule has 0 fully saturated rings. The predicted molar refractivity (Wildman–Crippen MR) is 178 cm³/mol. The smallest absolute Gasteiger partial charge is 0.194 e. The second-order valence-electron chi connectivity index (χ2n) is 12.0. The minimum absolute atomic E-state index is 0.125. The van der Waals surface area contributed by atoms with E-state index in [1.807, 2.05) is 0 Å². The fraction of sp³-hybridized carbons (Fsp3) is 1.00. The Labute approximate surface area is 267 Å². The van der Waals surface area contributed by atoms with E-state index in [4.69, 9.17) is 33.2 Å². The second-order valence-corrected chi connectivity index (χ2v) is 12.0. The molecule has 2 unspecified atom stereocenters. The molecule has 43 heavy (non-hydrogen) atoms. The Morgan fingerprint density at radius 3 is 1.02 bits per heavy atom. The van der Waals surface area contributed by atoms with Gasteiger partial charge in [-0.1, -0.05) is 107 Å². The quantitative estimate of drug-likeness (QED) is 0.0525. The van der Waals surface area contributed by atoms with Crippen LogP contribution < -0.4 is 0 Å². The molecule has 0 aliphatic heterocycles. The summed E-state index contributed by atoms with van der Waals surface area (Å²) in [7, 11) is 0. The summed E-state index contributed by atoms with van der Waals surface area (Å²) in [5, 5.41) is 0. The fourth-order valence-electron chi connectivity index (χ4n) is 5.44. The Kier molecular flexibility index (Phi) is 29.0. The topological polar surface area (TPSA) is 64.6 Å². The highest BCUT2D eigenvalue weighted by molar-refractivity contribution is 4.83. The zero-order valence-electron chi connectivity index (χ0n) is 30.0. The molecule has 0 N–H and O–H groups in total. The van der Waals surface area contributed by atoms with E-state index in [1.165, 1.54) is 38.5 Å². The van der Waals surface area contributed by atoms with Crippen LogP contribution in [0.15, 0.2) is 0 Å². The lowest BCUT2D eigenvalue weighted by atomic mass is 9.97. The van der Waals surface area contributed by atoms with Gasteiger partial charge >= 0.3 is 0 Å². The number of ether oxygens (including phenoxy) is 7. The summed E-state index contributed by atoms with van der Waals surface area (Å²) in [5.41, 5.74) is 0. The minimum Gasteiger partial charge on any atom is -0.347 e. The number of unbranched alkanes of at least 4 members (excludes halogenated alkanes) is 6. The van der Waals surface area contributed by atoms with Crippen molar-refractivity contribution in [1.29, 1.82) is 0 Å². The van der Waals surface area contributed by atoms with Gasteiger partial charge in [0.1, 0.15) is 25.8 Å². The molecule has 0 aromatic carbocycles. The van der Waals surface area contributed by atoms with Crippen LogP contribution in [0.5, 0.6) is 0 Å². The first kappa shape index (κ1) is 42.7. The van der Waals surface area contributed by atoms with Crippen LogP contribution in [0.25, 0.3) is 0 Å². The molecule has 0 rings (SSSR count). The van der Waals surface area contributed by atoms with E-state index in [1.54, 1.807) is 0 Å². The molecule has 0 heterocycles. The maximum absolute atomic E-state index is 6.51. The van der Waals surface area contributed by atoms with Crippen molar-refractivity contribution in [3.05, 3.63) is 0 Å². The van der Waals surface area contributed by atoms with Gasteiger partial charge in [0.2, 0.25) is 0 Å². The number of rotatable bonds is 34. The Morgan fingerprint density at radius 1 is 0.395 bits per heavy atom. The SMILES string of the molecule is CCCCCCC(OCCC)(OCCC)C(CCC)OCOCOC(CCC)C(CCCCCC)(OCCC)OCCC. The van der Waals surface area contributed by atoms with Crippen LogP contribution in [-0.2, 0) is 33.2 Å². The van der Waals surface area contributed by atoms with Gasteiger partial charge < -0.3 is 33.2 Å². The van der Waals surface area contributed by atoms with E-state index in [9.17, 15) is 0 Å². The highest BCUT2D eigenvalue weighted by Gasteiger charge is 2.42. The molecular formula is C36H74O7. The Balaban J connectivity index is 5.59. The molecule has 0 aliphatic carbocycles. The molecule has 0 amide bonds. The lowest BCUT2D eigenvalue weighted by Gasteiger charge is -2.41. The molecule has 2 atom stereocenters. The van der Waals surface area contributed by atoms with Crippen molar-refractivity contribution < 1.29 is 33.2 Å². The van der Waals surface area contributed by atoms with Gasteiger partial charge in [-0.05, 0) is 51.4 Å². The van der Waals surface area contributed by atoms with E-state index in [-0.39, 0.29) is 25.8 Å². The van der Waals surface area contributed by atoms with Gasteiger partial charge in [0.25, 0.3) is 0 Å². The number of hydrogen-bond donors (Lipinski definition) is 0. The third kappa shape index (κ3) is 18.5. The fourth-order valence-corrected chi connectivity index (χ4v) is 5.44. The Morgan fingerprint density at radius 2 is 0.744 bits per heavy atom. The van der Waals surface area contributed by atoms with E-state index in [2.05, 4.69) is 55.4 Å². The first-order valence-electron chi connectivity index (χ1n) is 18.4. The average Bonchev–Trinajstić information content (AvgIpc) is 3.02. The van der Waals surface area contributed by atoms with Gasteiger partial charge in [-0.15, -0.1) is 0 Å². The summed E-state index contributed by atoms with van der Waals surface area (Å²) >= 11 is 0. The van der Waals surface area contributed by atoms with Crippen LogP contribution in [-0.4, -0.2) is 63.8 Å². The predicted octanol–water partition coefficient (Wildman–Crippen LogP) is 10.3. The highest BCUT2D eigenvalue weighted by atomic mass is 16.8.